The molecule has 1 atom stereocenters. The molecule has 4 rings (SSSR count). The van der Waals surface area contributed by atoms with Gasteiger partial charge in [0.1, 0.15) is 11.4 Å². The smallest absolute Gasteiger partial charge is 0.223 e. The van der Waals surface area contributed by atoms with E-state index in [4.69, 9.17) is 4.74 Å². The Morgan fingerprint density at radius 3 is 2.45 bits per heavy atom. The summed E-state index contributed by atoms with van der Waals surface area (Å²) >= 11 is 0. The van der Waals surface area contributed by atoms with Crippen molar-refractivity contribution in [3.63, 3.8) is 0 Å². The van der Waals surface area contributed by atoms with Crippen LogP contribution in [0.4, 0.5) is 0 Å². The highest BCUT2D eigenvalue weighted by Gasteiger charge is 2.39. The van der Waals surface area contributed by atoms with Crippen molar-refractivity contribution in [1.82, 2.24) is 10.2 Å². The molecule has 1 N–H and O–H groups in total. The summed E-state index contributed by atoms with van der Waals surface area (Å²) in [5.41, 5.74) is 3.66. The third kappa shape index (κ3) is 4.79. The fourth-order valence-corrected chi connectivity index (χ4v) is 5.10. The van der Waals surface area contributed by atoms with E-state index in [0.717, 1.165) is 63.1 Å². The van der Waals surface area contributed by atoms with Gasteiger partial charge >= 0.3 is 0 Å². The zero-order valence-corrected chi connectivity index (χ0v) is 19.2. The number of nitrogens with one attached hydrogen (secondary N) is 1. The van der Waals surface area contributed by atoms with Gasteiger partial charge in [-0.1, -0.05) is 56.3 Å². The van der Waals surface area contributed by atoms with E-state index in [-0.39, 0.29) is 23.5 Å². The number of rotatable bonds is 6. The minimum Gasteiger partial charge on any atom is -0.487 e. The highest BCUT2D eigenvalue weighted by Crippen LogP contribution is 2.42. The summed E-state index contributed by atoms with van der Waals surface area (Å²) in [4.78, 5) is 15.7. The minimum atomic E-state index is -0.191. The fraction of sp³-hybridized carbons (Fsp3) is 0.519. The number of fused-ring (bicyclic) bond motifs is 1. The standard InChI is InChI=1S/C27H36N2O2/c1-4-27(5-2)18-24(23-12-8-9-13-25(23)31-27)28-26(30)21-14-16-29(17-15-21)19-22-11-7-6-10-20(22)3/h6-13,21,24H,4-5,14-19H2,1-3H3,(H,28,30). The monoisotopic (exact) mass is 420 g/mol. The second-order valence-electron chi connectivity index (χ2n) is 9.27. The van der Waals surface area contributed by atoms with Crippen molar-refractivity contribution in [1.29, 1.82) is 0 Å². The second kappa shape index (κ2) is 9.44. The van der Waals surface area contributed by atoms with Crippen LogP contribution < -0.4 is 10.1 Å². The van der Waals surface area contributed by atoms with E-state index >= 15 is 0 Å². The van der Waals surface area contributed by atoms with Crippen LogP contribution >= 0.6 is 0 Å². The lowest BCUT2D eigenvalue weighted by atomic mass is 9.83. The molecular weight excluding hydrogens is 384 g/mol. The van der Waals surface area contributed by atoms with E-state index in [9.17, 15) is 4.79 Å². The average molecular weight is 421 g/mol. The first kappa shape index (κ1) is 21.9. The molecule has 2 aromatic rings. The quantitative estimate of drug-likeness (QED) is 0.680. The first-order chi connectivity index (χ1) is 15.0. The van der Waals surface area contributed by atoms with Gasteiger partial charge in [0, 0.05) is 24.4 Å². The molecule has 0 bridgehead atoms. The molecule has 4 nitrogen and oxygen atoms in total. The SMILES string of the molecule is CCC1(CC)CC(NC(=O)C2CCN(Cc3ccccc3C)CC2)c2ccccc2O1. The molecule has 1 fully saturated rings. The molecule has 0 radical (unpaired) electrons. The number of hydrogen-bond acceptors (Lipinski definition) is 3. The van der Waals surface area contributed by atoms with Crippen LogP contribution in [0.1, 0.15) is 68.7 Å². The number of likely N-dealkylation sites (tertiary alicyclic amines) is 1. The Bertz CT molecular complexity index is 898. The van der Waals surface area contributed by atoms with Crippen LogP contribution in [0.5, 0.6) is 5.75 Å². The molecular formula is C27H36N2O2. The molecule has 0 saturated carbocycles. The largest absolute Gasteiger partial charge is 0.487 e. The molecule has 4 heteroatoms. The maximum Gasteiger partial charge on any atom is 0.223 e. The van der Waals surface area contributed by atoms with Gasteiger partial charge in [0.2, 0.25) is 5.91 Å². The summed E-state index contributed by atoms with van der Waals surface area (Å²) in [6.07, 6.45) is 4.59. The first-order valence-corrected chi connectivity index (χ1v) is 11.9. The van der Waals surface area contributed by atoms with E-state index in [0.29, 0.717) is 0 Å². The lowest BCUT2D eigenvalue weighted by Crippen LogP contribution is -2.47. The molecule has 1 amide bonds. The number of aryl methyl sites for hydroxylation is 1. The van der Waals surface area contributed by atoms with Crippen LogP contribution in [-0.2, 0) is 11.3 Å². The highest BCUT2D eigenvalue weighted by molar-refractivity contribution is 5.79. The Hall–Kier alpha value is -2.33. The zero-order chi connectivity index (χ0) is 21.8. The fourth-order valence-electron chi connectivity index (χ4n) is 5.10. The van der Waals surface area contributed by atoms with Crippen LogP contribution in [-0.4, -0.2) is 29.5 Å². The third-order valence-electron chi connectivity index (χ3n) is 7.42. The summed E-state index contributed by atoms with van der Waals surface area (Å²) in [5.74, 6) is 1.23. The number of piperidine rings is 1. The van der Waals surface area contributed by atoms with Crippen molar-refractivity contribution >= 4 is 5.91 Å². The van der Waals surface area contributed by atoms with E-state index < -0.39 is 0 Å². The summed E-state index contributed by atoms with van der Waals surface area (Å²) in [7, 11) is 0. The van der Waals surface area contributed by atoms with E-state index in [2.05, 4.69) is 61.3 Å². The molecule has 31 heavy (non-hydrogen) atoms. The summed E-state index contributed by atoms with van der Waals surface area (Å²) in [6, 6.07) is 16.8. The van der Waals surface area contributed by atoms with Gasteiger partial charge in [-0.05, 0) is 62.9 Å². The number of ether oxygens (including phenoxy) is 1. The number of benzene rings is 2. The number of hydrogen-bond donors (Lipinski definition) is 1. The maximum absolute atomic E-state index is 13.2. The Morgan fingerprint density at radius 1 is 1.06 bits per heavy atom. The molecule has 2 heterocycles. The summed E-state index contributed by atoms with van der Waals surface area (Å²) in [6.45, 7) is 9.47. The van der Waals surface area contributed by atoms with Gasteiger partial charge < -0.3 is 10.1 Å². The van der Waals surface area contributed by atoms with Gasteiger partial charge in [-0.2, -0.15) is 0 Å². The second-order valence-corrected chi connectivity index (χ2v) is 9.27. The predicted octanol–water partition coefficient (Wildman–Crippen LogP) is 5.41. The number of amides is 1. The topological polar surface area (TPSA) is 41.6 Å². The highest BCUT2D eigenvalue weighted by atomic mass is 16.5. The molecule has 166 valence electrons. The van der Waals surface area contributed by atoms with E-state index in [1.807, 2.05) is 18.2 Å². The van der Waals surface area contributed by atoms with E-state index in [1.165, 1.54) is 11.1 Å². The Balaban J connectivity index is 1.38. The third-order valence-corrected chi connectivity index (χ3v) is 7.42. The molecule has 0 aromatic heterocycles. The van der Waals surface area contributed by atoms with Crippen LogP contribution in [0.2, 0.25) is 0 Å². The van der Waals surface area contributed by atoms with Crippen molar-refractivity contribution < 1.29 is 9.53 Å². The van der Waals surface area contributed by atoms with Crippen LogP contribution in [0, 0.1) is 12.8 Å². The van der Waals surface area contributed by atoms with Crippen LogP contribution in [0.3, 0.4) is 0 Å². The zero-order valence-electron chi connectivity index (χ0n) is 19.2. The normalized spacial score (nSPS) is 21.2. The summed E-state index contributed by atoms with van der Waals surface area (Å²) in [5, 5.41) is 3.40. The number of nitrogens with zero attached hydrogens (tertiary/aromatic N) is 1. The van der Waals surface area contributed by atoms with Gasteiger partial charge in [-0.25, -0.2) is 0 Å². The first-order valence-electron chi connectivity index (χ1n) is 11.9. The lowest BCUT2D eigenvalue weighted by molar-refractivity contribution is -0.128. The van der Waals surface area contributed by atoms with Gasteiger partial charge in [0.05, 0.1) is 6.04 Å². The van der Waals surface area contributed by atoms with Crippen LogP contribution in [0.15, 0.2) is 48.5 Å². The van der Waals surface area contributed by atoms with Crippen molar-refractivity contribution in [2.45, 2.75) is 71.1 Å². The molecule has 0 aliphatic carbocycles. The lowest BCUT2D eigenvalue weighted by Gasteiger charge is -2.42. The summed E-state index contributed by atoms with van der Waals surface area (Å²) < 4.78 is 6.40. The van der Waals surface area contributed by atoms with Gasteiger partial charge in [0.15, 0.2) is 0 Å². The number of para-hydroxylation sites is 1. The Kier molecular flexibility index (Phi) is 6.66. The molecule has 1 unspecified atom stereocenters. The van der Waals surface area contributed by atoms with Gasteiger partial charge in [-0.15, -0.1) is 0 Å². The number of carbonyl (C=O) groups is 1. The van der Waals surface area contributed by atoms with Crippen molar-refractivity contribution in [3.05, 3.63) is 65.2 Å². The van der Waals surface area contributed by atoms with E-state index in [1.54, 1.807) is 0 Å². The average Bonchev–Trinajstić information content (AvgIpc) is 2.81. The predicted molar refractivity (Wildman–Crippen MR) is 125 cm³/mol. The van der Waals surface area contributed by atoms with Crippen molar-refractivity contribution in [2.75, 3.05) is 13.1 Å². The van der Waals surface area contributed by atoms with Crippen molar-refractivity contribution in [2.24, 2.45) is 5.92 Å². The van der Waals surface area contributed by atoms with Crippen molar-refractivity contribution in [3.8, 4) is 5.75 Å². The maximum atomic E-state index is 13.2. The molecule has 2 aromatic carbocycles. The molecule has 1 saturated heterocycles. The Morgan fingerprint density at radius 2 is 1.74 bits per heavy atom. The number of carbonyl (C=O) groups excluding carboxylic acids is 1. The van der Waals surface area contributed by atoms with Gasteiger partial charge in [0.25, 0.3) is 0 Å². The Labute approximate surface area is 187 Å². The minimum absolute atomic E-state index is 0.0300. The molecule has 2 aliphatic heterocycles. The molecule has 2 aliphatic rings. The van der Waals surface area contributed by atoms with Crippen LogP contribution in [0.25, 0.3) is 0 Å². The molecule has 0 spiro atoms. The van der Waals surface area contributed by atoms with Gasteiger partial charge in [-0.3, -0.25) is 9.69 Å².